The van der Waals surface area contributed by atoms with E-state index < -0.39 is 0 Å². The van der Waals surface area contributed by atoms with Gasteiger partial charge in [-0.2, -0.15) is 4.98 Å². The van der Waals surface area contributed by atoms with Gasteiger partial charge in [-0.15, -0.1) is 0 Å². The summed E-state index contributed by atoms with van der Waals surface area (Å²) in [5, 5.41) is 0. The van der Waals surface area contributed by atoms with Crippen molar-refractivity contribution in [3.63, 3.8) is 0 Å². The Morgan fingerprint density at radius 1 is 1.10 bits per heavy atom. The molecule has 1 atom stereocenters. The second-order valence-corrected chi connectivity index (χ2v) is 6.33. The molecule has 0 aromatic carbocycles. The Balaban J connectivity index is 1.77. The molecule has 2 heterocycles. The van der Waals surface area contributed by atoms with Gasteiger partial charge >= 0.3 is 0 Å². The second kappa shape index (κ2) is 6.50. The maximum atomic E-state index is 6.30. The summed E-state index contributed by atoms with van der Waals surface area (Å²) in [5.41, 5.74) is 6.91. The van der Waals surface area contributed by atoms with Gasteiger partial charge < -0.3 is 15.4 Å². The summed E-state index contributed by atoms with van der Waals surface area (Å²) in [6.45, 7) is 3.26. The first kappa shape index (κ1) is 14.4. The predicted octanol–water partition coefficient (Wildman–Crippen LogP) is 3.15. The molecule has 1 unspecified atom stereocenters. The fraction of sp³-hybridized carbons (Fsp3) is 0.750. The van der Waals surface area contributed by atoms with E-state index in [4.69, 9.17) is 10.5 Å². The van der Waals surface area contributed by atoms with Gasteiger partial charge in [-0.3, -0.25) is 0 Å². The minimum atomic E-state index is 0.266. The summed E-state index contributed by atoms with van der Waals surface area (Å²) < 4.78 is 6.05. The van der Waals surface area contributed by atoms with Crippen LogP contribution in [0, 0.1) is 0 Å². The van der Waals surface area contributed by atoms with Crippen molar-refractivity contribution in [2.75, 3.05) is 17.2 Å². The number of hydrogen-bond donors (Lipinski definition) is 1. The molecule has 1 aliphatic carbocycles. The van der Waals surface area contributed by atoms with Crippen LogP contribution >= 0.6 is 0 Å². The van der Waals surface area contributed by atoms with Crippen LogP contribution in [0.4, 0.5) is 11.5 Å². The zero-order chi connectivity index (χ0) is 14.7. The van der Waals surface area contributed by atoms with Crippen molar-refractivity contribution >= 4 is 11.5 Å². The number of nitrogen functional groups attached to an aromatic ring is 1. The normalized spacial score (nSPS) is 24.0. The van der Waals surface area contributed by atoms with Crippen molar-refractivity contribution in [2.24, 2.45) is 0 Å². The molecular weight excluding hydrogens is 264 g/mol. The van der Waals surface area contributed by atoms with E-state index in [-0.39, 0.29) is 6.10 Å². The summed E-state index contributed by atoms with van der Waals surface area (Å²) in [5.74, 6) is 1.42. The van der Waals surface area contributed by atoms with E-state index in [2.05, 4.69) is 21.8 Å². The molecule has 21 heavy (non-hydrogen) atoms. The van der Waals surface area contributed by atoms with Crippen LogP contribution in [0.5, 0.6) is 5.88 Å². The van der Waals surface area contributed by atoms with E-state index in [1.807, 2.05) is 0 Å². The molecule has 5 nitrogen and oxygen atoms in total. The van der Waals surface area contributed by atoms with E-state index in [1.165, 1.54) is 38.5 Å². The minimum absolute atomic E-state index is 0.266. The van der Waals surface area contributed by atoms with E-state index in [9.17, 15) is 0 Å². The Labute approximate surface area is 126 Å². The monoisotopic (exact) mass is 290 g/mol. The van der Waals surface area contributed by atoms with Crippen molar-refractivity contribution in [3.05, 3.63) is 6.33 Å². The van der Waals surface area contributed by atoms with Crippen molar-refractivity contribution in [3.8, 4) is 5.88 Å². The molecule has 1 aromatic rings. The quantitative estimate of drug-likeness (QED) is 0.926. The molecular formula is C16H26N4O. The number of nitrogens with two attached hydrogens (primary N) is 1. The Bertz CT molecular complexity index is 473. The highest BCUT2D eigenvalue weighted by atomic mass is 16.5. The molecule has 1 aliphatic heterocycles. The van der Waals surface area contributed by atoms with Gasteiger partial charge in [-0.1, -0.05) is 6.42 Å². The van der Waals surface area contributed by atoms with E-state index >= 15 is 0 Å². The number of hydrogen-bond acceptors (Lipinski definition) is 5. The Morgan fingerprint density at radius 2 is 1.86 bits per heavy atom. The molecule has 3 rings (SSSR count). The van der Waals surface area contributed by atoms with Crippen LogP contribution in [0.15, 0.2) is 6.33 Å². The molecule has 1 saturated carbocycles. The lowest BCUT2D eigenvalue weighted by Gasteiger charge is -2.35. The van der Waals surface area contributed by atoms with Crippen molar-refractivity contribution in [2.45, 2.75) is 70.4 Å². The van der Waals surface area contributed by atoms with E-state index in [1.54, 1.807) is 6.33 Å². The average Bonchev–Trinajstić information content (AvgIpc) is 2.51. The summed E-state index contributed by atoms with van der Waals surface area (Å²) >= 11 is 0. The first-order valence-electron chi connectivity index (χ1n) is 8.29. The van der Waals surface area contributed by atoms with E-state index in [0.717, 1.165) is 25.2 Å². The summed E-state index contributed by atoms with van der Waals surface area (Å²) in [7, 11) is 0. The van der Waals surface area contributed by atoms with Crippen LogP contribution in [-0.2, 0) is 0 Å². The topological polar surface area (TPSA) is 64.3 Å². The number of piperidine rings is 1. The highest BCUT2D eigenvalue weighted by Gasteiger charge is 2.24. The highest BCUT2D eigenvalue weighted by Crippen LogP contribution is 2.33. The lowest BCUT2D eigenvalue weighted by atomic mass is 9.98. The molecule has 0 radical (unpaired) electrons. The van der Waals surface area contributed by atoms with Crippen molar-refractivity contribution in [1.29, 1.82) is 0 Å². The lowest BCUT2D eigenvalue weighted by molar-refractivity contribution is 0.149. The molecule has 0 spiro atoms. The molecule has 0 bridgehead atoms. The molecule has 116 valence electrons. The minimum Gasteiger partial charge on any atom is -0.473 e. The predicted molar refractivity (Wildman–Crippen MR) is 84.6 cm³/mol. The highest BCUT2D eigenvalue weighted by molar-refractivity contribution is 5.68. The molecule has 5 heteroatoms. The fourth-order valence-corrected chi connectivity index (χ4v) is 3.45. The van der Waals surface area contributed by atoms with Crippen LogP contribution in [0.25, 0.3) is 0 Å². The molecule has 2 N–H and O–H groups in total. The largest absolute Gasteiger partial charge is 0.473 e. The third kappa shape index (κ3) is 3.22. The van der Waals surface area contributed by atoms with Gasteiger partial charge in [-0.25, -0.2) is 4.98 Å². The number of aromatic nitrogens is 2. The van der Waals surface area contributed by atoms with Gasteiger partial charge in [0.25, 0.3) is 0 Å². The first-order chi connectivity index (χ1) is 10.3. The zero-order valence-electron chi connectivity index (χ0n) is 12.9. The molecule has 0 amide bonds. The van der Waals surface area contributed by atoms with Gasteiger partial charge in [0.1, 0.15) is 18.1 Å². The van der Waals surface area contributed by atoms with Crippen LogP contribution in [-0.4, -0.2) is 28.7 Å². The van der Waals surface area contributed by atoms with Crippen LogP contribution in [0.2, 0.25) is 0 Å². The van der Waals surface area contributed by atoms with Crippen LogP contribution in [0.3, 0.4) is 0 Å². The number of ether oxygens (including phenoxy) is 1. The zero-order valence-corrected chi connectivity index (χ0v) is 12.9. The van der Waals surface area contributed by atoms with Gasteiger partial charge in [0, 0.05) is 12.6 Å². The Morgan fingerprint density at radius 3 is 2.62 bits per heavy atom. The fourth-order valence-electron chi connectivity index (χ4n) is 3.45. The third-order valence-corrected chi connectivity index (χ3v) is 4.73. The molecule has 1 aromatic heterocycles. The maximum Gasteiger partial charge on any atom is 0.242 e. The Hall–Kier alpha value is -1.52. The molecule has 2 aliphatic rings. The van der Waals surface area contributed by atoms with Crippen LogP contribution in [0.1, 0.15) is 58.3 Å². The standard InChI is InChI=1S/C16H26N4O/c1-12-7-5-6-10-20(12)15-14(17)16(19-11-18-15)21-13-8-3-2-4-9-13/h11-13H,2-10,17H2,1H3. The van der Waals surface area contributed by atoms with Crippen molar-refractivity contribution < 1.29 is 4.74 Å². The first-order valence-corrected chi connectivity index (χ1v) is 8.29. The van der Waals surface area contributed by atoms with Gasteiger partial charge in [0.15, 0.2) is 5.82 Å². The average molecular weight is 290 g/mol. The van der Waals surface area contributed by atoms with Gasteiger partial charge in [0.05, 0.1) is 0 Å². The third-order valence-electron chi connectivity index (χ3n) is 4.73. The van der Waals surface area contributed by atoms with Crippen molar-refractivity contribution in [1.82, 2.24) is 9.97 Å². The molecule has 1 saturated heterocycles. The smallest absolute Gasteiger partial charge is 0.242 e. The van der Waals surface area contributed by atoms with Gasteiger partial charge in [0.2, 0.25) is 5.88 Å². The lowest BCUT2D eigenvalue weighted by Crippen LogP contribution is -2.38. The summed E-state index contributed by atoms with van der Waals surface area (Å²) in [4.78, 5) is 11.0. The summed E-state index contributed by atoms with van der Waals surface area (Å²) in [6.07, 6.45) is 11.6. The number of anilines is 2. The SMILES string of the molecule is CC1CCCCN1c1ncnc(OC2CCCCC2)c1N. The molecule has 2 fully saturated rings. The van der Waals surface area contributed by atoms with Gasteiger partial charge in [-0.05, 0) is 51.9 Å². The second-order valence-electron chi connectivity index (χ2n) is 6.33. The maximum absolute atomic E-state index is 6.30. The number of nitrogens with zero attached hydrogens (tertiary/aromatic N) is 3. The van der Waals surface area contributed by atoms with Crippen LogP contribution < -0.4 is 15.4 Å². The summed E-state index contributed by atoms with van der Waals surface area (Å²) in [6, 6.07) is 0.485. The van der Waals surface area contributed by atoms with E-state index in [0.29, 0.717) is 17.6 Å². The Kier molecular flexibility index (Phi) is 4.46. The number of rotatable bonds is 3.